The maximum Gasteiger partial charge on any atom is 0.332 e. The first-order valence-corrected chi connectivity index (χ1v) is 11.0. The van der Waals surface area contributed by atoms with Gasteiger partial charge >= 0.3 is 5.97 Å². The zero-order valence-corrected chi connectivity index (χ0v) is 19.7. The van der Waals surface area contributed by atoms with Crippen molar-refractivity contribution in [3.05, 3.63) is 81.5 Å². The quantitative estimate of drug-likeness (QED) is 0.278. The van der Waals surface area contributed by atoms with Gasteiger partial charge in [-0.3, -0.25) is 14.9 Å². The molecule has 2 N–H and O–H groups in total. The van der Waals surface area contributed by atoms with E-state index in [0.717, 1.165) is 5.56 Å². The van der Waals surface area contributed by atoms with Crippen LogP contribution in [-0.2, 0) is 16.0 Å². The van der Waals surface area contributed by atoms with Crippen LogP contribution in [0, 0.1) is 15.5 Å². The molecule has 178 valence electrons. The molecule has 3 aromatic rings. The number of hydrogen-bond acceptors (Lipinski definition) is 4. The Labute approximate surface area is 198 Å². The van der Waals surface area contributed by atoms with E-state index in [1.165, 1.54) is 18.2 Å². The third-order valence-corrected chi connectivity index (χ3v) is 5.75. The molecule has 34 heavy (non-hydrogen) atoms. The van der Waals surface area contributed by atoms with Gasteiger partial charge in [-0.1, -0.05) is 51.1 Å². The van der Waals surface area contributed by atoms with Gasteiger partial charge in [-0.15, -0.1) is 0 Å². The van der Waals surface area contributed by atoms with Crippen LogP contribution >= 0.6 is 0 Å². The van der Waals surface area contributed by atoms with Crippen LogP contribution in [0.15, 0.2) is 60.3 Å². The highest BCUT2D eigenvalue weighted by atomic mass is 16.6. The van der Waals surface area contributed by atoms with Gasteiger partial charge in [-0.05, 0) is 36.5 Å². The molecule has 0 radical (unpaired) electrons. The predicted octanol–water partition coefficient (Wildman–Crippen LogP) is 4.98. The molecule has 1 aromatic heterocycles. The molecule has 0 fully saturated rings. The fourth-order valence-electron chi connectivity index (χ4n) is 3.82. The predicted molar refractivity (Wildman–Crippen MR) is 132 cm³/mol. The first-order chi connectivity index (χ1) is 16.0. The Morgan fingerprint density at radius 3 is 2.44 bits per heavy atom. The van der Waals surface area contributed by atoms with Gasteiger partial charge in [0.2, 0.25) is 5.91 Å². The Morgan fingerprint density at radius 1 is 1.18 bits per heavy atom. The smallest absolute Gasteiger partial charge is 0.332 e. The van der Waals surface area contributed by atoms with Gasteiger partial charge in [0.15, 0.2) is 0 Å². The zero-order valence-electron chi connectivity index (χ0n) is 19.7. The zero-order chi connectivity index (χ0) is 25.0. The summed E-state index contributed by atoms with van der Waals surface area (Å²) < 4.78 is 1.73. The van der Waals surface area contributed by atoms with Crippen LogP contribution in [-0.4, -0.2) is 33.0 Å². The van der Waals surface area contributed by atoms with Crippen molar-refractivity contribution in [2.75, 3.05) is 6.54 Å². The van der Waals surface area contributed by atoms with E-state index in [9.17, 15) is 24.8 Å². The largest absolute Gasteiger partial charge is 0.478 e. The van der Waals surface area contributed by atoms with Crippen molar-refractivity contribution in [3.8, 4) is 0 Å². The molecular weight excluding hydrogens is 434 g/mol. The number of nitro groups is 1. The number of hydrogen-bond donors (Lipinski definition) is 2. The summed E-state index contributed by atoms with van der Waals surface area (Å²) in [6.45, 7) is 7.58. The second-order valence-corrected chi connectivity index (χ2v) is 9.27. The second-order valence-electron chi connectivity index (χ2n) is 9.27. The number of carboxylic acid groups (broad SMARTS) is 1. The van der Waals surface area contributed by atoms with E-state index in [2.05, 4.69) is 5.32 Å². The molecule has 0 saturated heterocycles. The van der Waals surface area contributed by atoms with E-state index in [-0.39, 0.29) is 17.2 Å². The highest BCUT2D eigenvalue weighted by molar-refractivity contribution is 5.99. The minimum atomic E-state index is -1.06. The first kappa shape index (κ1) is 24.7. The van der Waals surface area contributed by atoms with E-state index in [4.69, 9.17) is 0 Å². The number of benzene rings is 2. The summed E-state index contributed by atoms with van der Waals surface area (Å²) >= 11 is 0. The van der Waals surface area contributed by atoms with E-state index in [1.807, 2.05) is 30.3 Å². The van der Waals surface area contributed by atoms with Crippen molar-refractivity contribution in [2.24, 2.45) is 5.41 Å². The van der Waals surface area contributed by atoms with Gasteiger partial charge in [0.1, 0.15) is 6.04 Å². The van der Waals surface area contributed by atoms with E-state index in [1.54, 1.807) is 44.5 Å². The standard InChI is InChI=1S/C26H29N3O5/c1-17(24(30)27-13-12-18-8-6-5-7-9-18)28-16-19(14-22(25(31)32)26(2,3)4)21-15-20(29(33)34)10-11-23(21)28/h5-11,14-17H,12-13H2,1-4H3,(H,27,30)(H,31,32). The molecule has 1 heterocycles. The molecule has 8 nitrogen and oxygen atoms in total. The van der Waals surface area contributed by atoms with Crippen LogP contribution in [0.1, 0.15) is 44.9 Å². The van der Waals surface area contributed by atoms with E-state index >= 15 is 0 Å². The number of aromatic nitrogens is 1. The Bertz CT molecular complexity index is 1250. The molecule has 0 aliphatic heterocycles. The lowest BCUT2D eigenvalue weighted by Crippen LogP contribution is -2.32. The monoisotopic (exact) mass is 463 g/mol. The van der Waals surface area contributed by atoms with E-state index in [0.29, 0.717) is 29.4 Å². The summed E-state index contributed by atoms with van der Waals surface area (Å²) in [6, 6.07) is 13.6. The fourth-order valence-corrected chi connectivity index (χ4v) is 3.82. The van der Waals surface area contributed by atoms with Gasteiger partial charge in [0, 0.05) is 46.9 Å². The lowest BCUT2D eigenvalue weighted by Gasteiger charge is -2.19. The fraction of sp³-hybridized carbons (Fsp3) is 0.308. The molecule has 2 aromatic carbocycles. The average molecular weight is 464 g/mol. The van der Waals surface area contributed by atoms with Crippen LogP contribution in [0.5, 0.6) is 0 Å². The average Bonchev–Trinajstić information content (AvgIpc) is 3.14. The lowest BCUT2D eigenvalue weighted by atomic mass is 9.85. The first-order valence-electron chi connectivity index (χ1n) is 11.0. The van der Waals surface area contributed by atoms with Gasteiger partial charge in [0.25, 0.3) is 5.69 Å². The molecule has 0 saturated carbocycles. The van der Waals surface area contributed by atoms with Crippen molar-refractivity contribution in [1.29, 1.82) is 0 Å². The molecule has 0 aliphatic carbocycles. The Morgan fingerprint density at radius 2 is 1.85 bits per heavy atom. The van der Waals surface area contributed by atoms with Crippen molar-refractivity contribution < 1.29 is 19.6 Å². The summed E-state index contributed by atoms with van der Waals surface area (Å²) in [4.78, 5) is 35.7. The molecule has 1 amide bonds. The molecule has 3 rings (SSSR count). The SMILES string of the molecule is CC(C(=O)NCCc1ccccc1)n1cc(C=C(C(=O)O)C(C)(C)C)c2cc([N+](=O)[O-])ccc21. The number of carbonyl (C=O) groups excluding carboxylic acids is 1. The summed E-state index contributed by atoms with van der Waals surface area (Å²) in [7, 11) is 0. The van der Waals surface area contributed by atoms with Crippen LogP contribution < -0.4 is 5.32 Å². The van der Waals surface area contributed by atoms with Gasteiger partial charge < -0.3 is 15.0 Å². The molecule has 8 heteroatoms. The minimum absolute atomic E-state index is 0.104. The van der Waals surface area contributed by atoms with Crippen molar-refractivity contribution >= 4 is 34.5 Å². The highest BCUT2D eigenvalue weighted by Crippen LogP contribution is 2.33. The maximum absolute atomic E-state index is 12.9. The van der Waals surface area contributed by atoms with Crippen LogP contribution in [0.2, 0.25) is 0 Å². The summed E-state index contributed by atoms with van der Waals surface area (Å²) in [5, 5.41) is 24.5. The molecule has 1 unspecified atom stereocenters. The van der Waals surface area contributed by atoms with Crippen LogP contribution in [0.3, 0.4) is 0 Å². The number of aliphatic carboxylic acids is 1. The van der Waals surface area contributed by atoms with Crippen molar-refractivity contribution in [2.45, 2.75) is 40.2 Å². The van der Waals surface area contributed by atoms with Crippen molar-refractivity contribution in [1.82, 2.24) is 9.88 Å². The number of nitrogens with one attached hydrogen (secondary N) is 1. The summed E-state index contributed by atoms with van der Waals surface area (Å²) in [5.41, 5.74) is 1.65. The number of non-ortho nitro benzene ring substituents is 1. The molecule has 0 aliphatic rings. The van der Waals surface area contributed by atoms with E-state index < -0.39 is 22.3 Å². The Hall–Kier alpha value is -3.94. The number of fused-ring (bicyclic) bond motifs is 1. The molecular formula is C26H29N3O5. The number of nitrogens with zero attached hydrogens (tertiary/aromatic N) is 2. The normalized spacial score (nSPS) is 13.0. The van der Waals surface area contributed by atoms with Crippen molar-refractivity contribution in [3.63, 3.8) is 0 Å². The third-order valence-electron chi connectivity index (χ3n) is 5.75. The summed E-state index contributed by atoms with van der Waals surface area (Å²) in [5.74, 6) is -1.26. The van der Waals surface area contributed by atoms with Gasteiger partial charge in [-0.25, -0.2) is 4.79 Å². The Kier molecular flexibility index (Phi) is 7.20. The van der Waals surface area contributed by atoms with Crippen LogP contribution in [0.25, 0.3) is 17.0 Å². The molecule has 0 spiro atoms. The number of nitro benzene ring substituents is 1. The molecule has 1 atom stereocenters. The second kappa shape index (κ2) is 9.91. The topological polar surface area (TPSA) is 114 Å². The Balaban J connectivity index is 1.97. The maximum atomic E-state index is 12.9. The number of amides is 1. The number of rotatable bonds is 8. The molecule has 0 bridgehead atoms. The number of carbonyl (C=O) groups is 2. The van der Waals surface area contributed by atoms with Gasteiger partial charge in [-0.2, -0.15) is 0 Å². The minimum Gasteiger partial charge on any atom is -0.478 e. The van der Waals surface area contributed by atoms with Gasteiger partial charge in [0.05, 0.1) is 4.92 Å². The lowest BCUT2D eigenvalue weighted by molar-refractivity contribution is -0.384. The van der Waals surface area contributed by atoms with Crippen LogP contribution in [0.4, 0.5) is 5.69 Å². The third kappa shape index (κ3) is 5.51. The highest BCUT2D eigenvalue weighted by Gasteiger charge is 2.25. The number of carboxylic acids is 1. The summed E-state index contributed by atoms with van der Waals surface area (Å²) in [6.07, 6.45) is 3.91.